The zero-order valence-electron chi connectivity index (χ0n) is 16.7. The van der Waals surface area contributed by atoms with Gasteiger partial charge in [0.1, 0.15) is 5.75 Å². The van der Waals surface area contributed by atoms with E-state index in [1.54, 1.807) is 25.6 Å². The standard InChI is InChI=1S/C23H25N3O2/c1-5-17-8-6-7-16(3)22(17)25-19-12-18(13-24-14-19)23(27)26-20-11-15(2)9-10-21(20)28-4/h6-14,25H,5H2,1-4H3,(H,26,27). The third-order valence-electron chi connectivity index (χ3n) is 4.61. The molecule has 0 spiro atoms. The Morgan fingerprint density at radius 1 is 1.11 bits per heavy atom. The van der Waals surface area contributed by atoms with Crippen LogP contribution in [0.1, 0.15) is 34.0 Å². The molecule has 0 bridgehead atoms. The summed E-state index contributed by atoms with van der Waals surface area (Å²) in [6, 6.07) is 13.7. The summed E-state index contributed by atoms with van der Waals surface area (Å²) in [5.74, 6) is 0.384. The quantitative estimate of drug-likeness (QED) is 0.616. The molecule has 1 heterocycles. The Morgan fingerprint density at radius 3 is 2.68 bits per heavy atom. The van der Waals surface area contributed by atoms with Gasteiger partial charge >= 0.3 is 0 Å². The van der Waals surface area contributed by atoms with Crippen LogP contribution in [0.15, 0.2) is 54.9 Å². The van der Waals surface area contributed by atoms with Gasteiger partial charge in [-0.3, -0.25) is 9.78 Å². The molecule has 3 aromatic rings. The summed E-state index contributed by atoms with van der Waals surface area (Å²) < 4.78 is 5.34. The molecule has 0 saturated carbocycles. The maximum Gasteiger partial charge on any atom is 0.257 e. The SMILES string of the molecule is CCc1cccc(C)c1Nc1cncc(C(=O)Nc2cc(C)ccc2OC)c1. The molecular weight excluding hydrogens is 350 g/mol. The van der Waals surface area contributed by atoms with Crippen molar-refractivity contribution in [2.24, 2.45) is 0 Å². The number of benzene rings is 2. The molecule has 28 heavy (non-hydrogen) atoms. The molecule has 5 nitrogen and oxygen atoms in total. The number of pyridine rings is 1. The molecule has 0 aliphatic rings. The van der Waals surface area contributed by atoms with Crippen LogP contribution in [0.3, 0.4) is 0 Å². The van der Waals surface area contributed by atoms with Crippen molar-refractivity contribution in [1.82, 2.24) is 4.98 Å². The van der Waals surface area contributed by atoms with E-state index in [1.165, 1.54) is 5.56 Å². The largest absolute Gasteiger partial charge is 0.495 e. The molecule has 144 valence electrons. The summed E-state index contributed by atoms with van der Waals surface area (Å²) in [6.45, 7) is 6.15. The topological polar surface area (TPSA) is 63.2 Å². The number of carbonyl (C=O) groups is 1. The highest BCUT2D eigenvalue weighted by molar-refractivity contribution is 6.05. The van der Waals surface area contributed by atoms with E-state index in [-0.39, 0.29) is 5.91 Å². The van der Waals surface area contributed by atoms with E-state index in [4.69, 9.17) is 4.74 Å². The van der Waals surface area contributed by atoms with Crippen molar-refractivity contribution in [3.63, 3.8) is 0 Å². The van der Waals surface area contributed by atoms with Crippen LogP contribution in [0.2, 0.25) is 0 Å². The second-order valence-electron chi connectivity index (χ2n) is 6.71. The number of amides is 1. The third-order valence-corrected chi connectivity index (χ3v) is 4.61. The zero-order chi connectivity index (χ0) is 20.1. The highest BCUT2D eigenvalue weighted by Gasteiger charge is 2.12. The lowest BCUT2D eigenvalue weighted by molar-refractivity contribution is 0.102. The number of hydrogen-bond donors (Lipinski definition) is 2. The number of methoxy groups -OCH3 is 1. The van der Waals surface area contributed by atoms with Gasteiger partial charge in [0.05, 0.1) is 30.2 Å². The minimum atomic E-state index is -0.236. The first-order valence-corrected chi connectivity index (χ1v) is 9.28. The first kappa shape index (κ1) is 19.4. The van der Waals surface area contributed by atoms with Crippen molar-refractivity contribution in [2.45, 2.75) is 27.2 Å². The molecule has 5 heteroatoms. The lowest BCUT2D eigenvalue weighted by Crippen LogP contribution is -2.13. The minimum Gasteiger partial charge on any atom is -0.495 e. The highest BCUT2D eigenvalue weighted by Crippen LogP contribution is 2.27. The van der Waals surface area contributed by atoms with Gasteiger partial charge in [-0.15, -0.1) is 0 Å². The van der Waals surface area contributed by atoms with Crippen LogP contribution in [0.4, 0.5) is 17.1 Å². The second kappa shape index (κ2) is 8.57. The fourth-order valence-corrected chi connectivity index (χ4v) is 3.09. The maximum atomic E-state index is 12.8. The van der Waals surface area contributed by atoms with E-state index in [0.29, 0.717) is 17.0 Å². The molecule has 1 aromatic heterocycles. The van der Waals surface area contributed by atoms with Crippen LogP contribution in [0.25, 0.3) is 0 Å². The number of nitrogens with one attached hydrogen (secondary N) is 2. The zero-order valence-corrected chi connectivity index (χ0v) is 16.7. The molecule has 1 amide bonds. The minimum absolute atomic E-state index is 0.236. The fourth-order valence-electron chi connectivity index (χ4n) is 3.09. The van der Waals surface area contributed by atoms with Gasteiger partial charge in [-0.2, -0.15) is 0 Å². The maximum absolute atomic E-state index is 12.8. The fraction of sp³-hybridized carbons (Fsp3) is 0.217. The Labute approximate surface area is 165 Å². The molecule has 0 fully saturated rings. The molecule has 0 saturated heterocycles. The number of ether oxygens (including phenoxy) is 1. The average molecular weight is 375 g/mol. The molecule has 2 aromatic carbocycles. The van der Waals surface area contributed by atoms with Gasteiger partial charge in [-0.25, -0.2) is 0 Å². The number of anilines is 3. The van der Waals surface area contributed by atoms with E-state index >= 15 is 0 Å². The van der Waals surface area contributed by atoms with Gasteiger partial charge in [0, 0.05) is 11.9 Å². The molecule has 0 aliphatic carbocycles. The summed E-state index contributed by atoms with van der Waals surface area (Å²) in [7, 11) is 1.58. The average Bonchev–Trinajstić information content (AvgIpc) is 2.70. The molecular formula is C23H25N3O2. The van der Waals surface area contributed by atoms with Crippen LogP contribution in [0, 0.1) is 13.8 Å². The van der Waals surface area contributed by atoms with Gasteiger partial charge in [0.2, 0.25) is 0 Å². The van der Waals surface area contributed by atoms with Crippen molar-refractivity contribution < 1.29 is 9.53 Å². The van der Waals surface area contributed by atoms with Crippen LogP contribution >= 0.6 is 0 Å². The monoisotopic (exact) mass is 375 g/mol. The number of hydrogen-bond acceptors (Lipinski definition) is 4. The lowest BCUT2D eigenvalue weighted by atomic mass is 10.1. The van der Waals surface area contributed by atoms with Crippen LogP contribution in [-0.2, 0) is 6.42 Å². The predicted octanol–water partition coefficient (Wildman–Crippen LogP) is 5.27. The Hall–Kier alpha value is -3.34. The van der Waals surface area contributed by atoms with Gasteiger partial charge in [-0.05, 0) is 55.2 Å². The summed E-state index contributed by atoms with van der Waals surface area (Å²) in [5.41, 5.74) is 6.35. The first-order valence-electron chi connectivity index (χ1n) is 9.28. The molecule has 0 aliphatic heterocycles. The van der Waals surface area contributed by atoms with Crippen LogP contribution in [-0.4, -0.2) is 18.0 Å². The molecule has 0 unspecified atom stereocenters. The summed E-state index contributed by atoms with van der Waals surface area (Å²) in [6.07, 6.45) is 4.20. The van der Waals surface area contributed by atoms with Gasteiger partial charge in [0.25, 0.3) is 5.91 Å². The van der Waals surface area contributed by atoms with E-state index in [2.05, 4.69) is 47.7 Å². The molecule has 0 radical (unpaired) electrons. The summed E-state index contributed by atoms with van der Waals surface area (Å²) in [4.78, 5) is 17.0. The number of aromatic nitrogens is 1. The van der Waals surface area contributed by atoms with Crippen LogP contribution < -0.4 is 15.4 Å². The summed E-state index contributed by atoms with van der Waals surface area (Å²) in [5, 5.41) is 6.33. The van der Waals surface area contributed by atoms with E-state index < -0.39 is 0 Å². The molecule has 3 rings (SSSR count). The van der Waals surface area contributed by atoms with Crippen molar-refractivity contribution in [2.75, 3.05) is 17.7 Å². The van der Waals surface area contributed by atoms with E-state index in [0.717, 1.165) is 28.9 Å². The Kier molecular flexibility index (Phi) is 5.94. The normalized spacial score (nSPS) is 10.4. The van der Waals surface area contributed by atoms with Crippen molar-refractivity contribution in [1.29, 1.82) is 0 Å². The Bertz CT molecular complexity index is 999. The Balaban J connectivity index is 1.84. The Morgan fingerprint density at radius 2 is 1.93 bits per heavy atom. The van der Waals surface area contributed by atoms with Crippen molar-refractivity contribution in [3.05, 3.63) is 77.1 Å². The predicted molar refractivity (Wildman–Crippen MR) is 114 cm³/mol. The third kappa shape index (κ3) is 4.31. The second-order valence-corrected chi connectivity index (χ2v) is 6.71. The molecule has 0 atom stereocenters. The molecule has 2 N–H and O–H groups in total. The summed E-state index contributed by atoms with van der Waals surface area (Å²) >= 11 is 0. The van der Waals surface area contributed by atoms with E-state index in [9.17, 15) is 4.79 Å². The van der Waals surface area contributed by atoms with Gasteiger partial charge in [0.15, 0.2) is 0 Å². The lowest BCUT2D eigenvalue weighted by Gasteiger charge is -2.15. The number of aryl methyl sites for hydroxylation is 3. The van der Waals surface area contributed by atoms with Gasteiger partial charge in [-0.1, -0.05) is 31.2 Å². The van der Waals surface area contributed by atoms with E-state index in [1.807, 2.05) is 25.1 Å². The number of para-hydroxylation sites is 1. The number of rotatable bonds is 6. The highest BCUT2D eigenvalue weighted by atomic mass is 16.5. The van der Waals surface area contributed by atoms with Crippen LogP contribution in [0.5, 0.6) is 5.75 Å². The van der Waals surface area contributed by atoms with Gasteiger partial charge < -0.3 is 15.4 Å². The van der Waals surface area contributed by atoms with Crippen molar-refractivity contribution >= 4 is 23.0 Å². The first-order chi connectivity index (χ1) is 13.5. The number of nitrogens with zero attached hydrogens (tertiary/aromatic N) is 1. The smallest absolute Gasteiger partial charge is 0.257 e. The number of carbonyl (C=O) groups excluding carboxylic acids is 1. The van der Waals surface area contributed by atoms with Crippen molar-refractivity contribution in [3.8, 4) is 5.75 Å².